The zero-order chi connectivity index (χ0) is 13.8. The summed E-state index contributed by atoms with van der Waals surface area (Å²) in [4.78, 5) is 24.4. The second-order valence-electron chi connectivity index (χ2n) is 4.72. The number of carboxylic acid groups (broad SMARTS) is 1. The molecule has 1 fully saturated rings. The van der Waals surface area contributed by atoms with Gasteiger partial charge in [0.25, 0.3) is 0 Å². The Morgan fingerprint density at radius 1 is 1.42 bits per heavy atom. The smallest absolute Gasteiger partial charge is 0.372 e. The van der Waals surface area contributed by atoms with E-state index in [0.29, 0.717) is 17.9 Å². The van der Waals surface area contributed by atoms with Gasteiger partial charge in [0.1, 0.15) is 5.76 Å². The average molecular weight is 266 g/mol. The molecule has 0 atom stereocenters. The number of hydrogen-bond donors (Lipinski definition) is 2. The van der Waals surface area contributed by atoms with Gasteiger partial charge in [0.05, 0.1) is 13.1 Å². The van der Waals surface area contributed by atoms with Crippen LogP contribution in [0.4, 0.5) is 0 Å². The van der Waals surface area contributed by atoms with Gasteiger partial charge >= 0.3 is 5.97 Å². The van der Waals surface area contributed by atoms with Gasteiger partial charge < -0.3 is 19.7 Å². The maximum absolute atomic E-state index is 11.8. The number of carbonyl (C=O) groups excluding carboxylic acids is 1. The lowest BCUT2D eigenvalue weighted by atomic mass is 10.2. The van der Waals surface area contributed by atoms with Crippen molar-refractivity contribution in [3.8, 4) is 0 Å². The van der Waals surface area contributed by atoms with Crippen LogP contribution in [0, 0.1) is 6.92 Å². The molecular formula is C13H18N2O4. The van der Waals surface area contributed by atoms with E-state index in [1.807, 2.05) is 4.90 Å². The van der Waals surface area contributed by atoms with E-state index in [1.165, 1.54) is 0 Å². The third kappa shape index (κ3) is 3.35. The molecule has 1 aliphatic heterocycles. The molecule has 0 aromatic carbocycles. The number of aryl methyl sites for hydroxylation is 1. The van der Waals surface area contributed by atoms with Gasteiger partial charge in [0.15, 0.2) is 0 Å². The van der Waals surface area contributed by atoms with E-state index in [4.69, 9.17) is 9.52 Å². The van der Waals surface area contributed by atoms with Crippen molar-refractivity contribution < 1.29 is 19.1 Å². The summed E-state index contributed by atoms with van der Waals surface area (Å²) >= 11 is 0. The zero-order valence-corrected chi connectivity index (χ0v) is 10.9. The van der Waals surface area contributed by atoms with E-state index in [2.05, 4.69) is 5.32 Å². The normalized spacial score (nSPS) is 14.9. The van der Waals surface area contributed by atoms with Crippen LogP contribution in [0.3, 0.4) is 0 Å². The fraction of sp³-hybridized carbons (Fsp3) is 0.538. The van der Waals surface area contributed by atoms with Gasteiger partial charge in [0, 0.05) is 18.7 Å². The first-order valence-electron chi connectivity index (χ1n) is 6.39. The van der Waals surface area contributed by atoms with Gasteiger partial charge in [-0.05, 0) is 25.8 Å². The molecule has 1 saturated heterocycles. The highest BCUT2D eigenvalue weighted by Crippen LogP contribution is 2.14. The third-order valence-corrected chi connectivity index (χ3v) is 3.20. The minimum atomic E-state index is -1.07. The maximum atomic E-state index is 11.8. The van der Waals surface area contributed by atoms with Crippen LogP contribution in [0.5, 0.6) is 0 Å². The standard InChI is InChI=1S/C13H18N2O4/c1-9-6-10(19-12(9)13(17)18)7-14-8-11(16)15-4-2-3-5-15/h6,14H,2-5,7-8H2,1H3,(H,17,18). The molecule has 0 unspecified atom stereocenters. The Bertz CT molecular complexity index is 475. The Balaban J connectivity index is 1.80. The van der Waals surface area contributed by atoms with Gasteiger partial charge in [-0.1, -0.05) is 0 Å². The molecule has 2 rings (SSSR count). The van der Waals surface area contributed by atoms with Crippen molar-refractivity contribution in [1.29, 1.82) is 0 Å². The number of nitrogens with zero attached hydrogens (tertiary/aromatic N) is 1. The highest BCUT2D eigenvalue weighted by molar-refractivity contribution is 5.86. The number of rotatable bonds is 5. The molecule has 6 nitrogen and oxygen atoms in total. The van der Waals surface area contributed by atoms with Crippen LogP contribution < -0.4 is 5.32 Å². The zero-order valence-electron chi connectivity index (χ0n) is 10.9. The summed E-state index contributed by atoms with van der Waals surface area (Å²) in [7, 11) is 0. The van der Waals surface area contributed by atoms with Gasteiger partial charge in [-0.3, -0.25) is 4.79 Å². The maximum Gasteiger partial charge on any atom is 0.372 e. The topological polar surface area (TPSA) is 82.8 Å². The summed E-state index contributed by atoms with van der Waals surface area (Å²) in [5.74, 6) is -0.497. The van der Waals surface area contributed by atoms with E-state index in [1.54, 1.807) is 13.0 Å². The SMILES string of the molecule is Cc1cc(CNCC(=O)N2CCCC2)oc1C(=O)O. The Hall–Kier alpha value is -1.82. The summed E-state index contributed by atoms with van der Waals surface area (Å²) < 4.78 is 5.20. The number of furan rings is 1. The van der Waals surface area contributed by atoms with Gasteiger partial charge in [0.2, 0.25) is 11.7 Å². The van der Waals surface area contributed by atoms with Crippen molar-refractivity contribution >= 4 is 11.9 Å². The molecule has 0 radical (unpaired) electrons. The van der Waals surface area contributed by atoms with Crippen LogP contribution >= 0.6 is 0 Å². The third-order valence-electron chi connectivity index (χ3n) is 3.20. The fourth-order valence-corrected chi connectivity index (χ4v) is 2.22. The van der Waals surface area contributed by atoms with Crippen LogP contribution in [-0.4, -0.2) is 41.5 Å². The van der Waals surface area contributed by atoms with Crippen molar-refractivity contribution in [2.75, 3.05) is 19.6 Å². The Labute approximate surface area is 111 Å². The van der Waals surface area contributed by atoms with Crippen LogP contribution in [0.2, 0.25) is 0 Å². The molecule has 0 bridgehead atoms. The van der Waals surface area contributed by atoms with Crippen LogP contribution in [0.15, 0.2) is 10.5 Å². The molecular weight excluding hydrogens is 248 g/mol. The minimum Gasteiger partial charge on any atom is -0.475 e. The van der Waals surface area contributed by atoms with E-state index in [-0.39, 0.29) is 18.2 Å². The van der Waals surface area contributed by atoms with E-state index in [0.717, 1.165) is 25.9 Å². The second kappa shape index (κ2) is 5.88. The Morgan fingerprint density at radius 2 is 2.11 bits per heavy atom. The molecule has 6 heteroatoms. The van der Waals surface area contributed by atoms with E-state index < -0.39 is 5.97 Å². The summed E-state index contributed by atoms with van der Waals surface area (Å²) in [6.07, 6.45) is 2.15. The highest BCUT2D eigenvalue weighted by Gasteiger charge is 2.18. The predicted octanol–water partition coefficient (Wildman–Crippen LogP) is 0.998. The van der Waals surface area contributed by atoms with Crippen LogP contribution in [0.1, 0.15) is 34.7 Å². The van der Waals surface area contributed by atoms with Gasteiger partial charge in [-0.15, -0.1) is 0 Å². The first-order valence-corrected chi connectivity index (χ1v) is 6.39. The minimum absolute atomic E-state index is 0.0392. The molecule has 0 aliphatic carbocycles. The number of amides is 1. The number of nitrogens with one attached hydrogen (secondary N) is 1. The van der Waals surface area contributed by atoms with Crippen molar-refractivity contribution in [3.63, 3.8) is 0 Å². The van der Waals surface area contributed by atoms with Gasteiger partial charge in [-0.2, -0.15) is 0 Å². The monoisotopic (exact) mass is 266 g/mol. The molecule has 1 amide bonds. The molecule has 2 N–H and O–H groups in total. The van der Waals surface area contributed by atoms with Crippen molar-refractivity contribution in [3.05, 3.63) is 23.2 Å². The number of carbonyl (C=O) groups is 2. The lowest BCUT2D eigenvalue weighted by Crippen LogP contribution is -2.35. The van der Waals surface area contributed by atoms with Crippen molar-refractivity contribution in [1.82, 2.24) is 10.2 Å². The van der Waals surface area contributed by atoms with Crippen molar-refractivity contribution in [2.45, 2.75) is 26.3 Å². The predicted molar refractivity (Wildman–Crippen MR) is 67.9 cm³/mol. The summed E-state index contributed by atoms with van der Waals surface area (Å²) in [6.45, 7) is 3.97. The Morgan fingerprint density at radius 3 is 2.68 bits per heavy atom. The number of hydrogen-bond acceptors (Lipinski definition) is 4. The summed E-state index contributed by atoms with van der Waals surface area (Å²) in [5, 5.41) is 11.8. The largest absolute Gasteiger partial charge is 0.475 e. The quantitative estimate of drug-likeness (QED) is 0.830. The van der Waals surface area contributed by atoms with Gasteiger partial charge in [-0.25, -0.2) is 4.79 Å². The van der Waals surface area contributed by atoms with E-state index >= 15 is 0 Å². The van der Waals surface area contributed by atoms with Crippen LogP contribution in [-0.2, 0) is 11.3 Å². The second-order valence-corrected chi connectivity index (χ2v) is 4.72. The van der Waals surface area contributed by atoms with E-state index in [9.17, 15) is 9.59 Å². The molecule has 1 aliphatic rings. The first-order chi connectivity index (χ1) is 9.08. The van der Waals surface area contributed by atoms with Crippen LogP contribution in [0.25, 0.3) is 0 Å². The highest BCUT2D eigenvalue weighted by atomic mass is 16.4. The average Bonchev–Trinajstić information content (AvgIpc) is 2.98. The molecule has 0 saturated carbocycles. The number of aromatic carboxylic acids is 1. The number of carboxylic acids is 1. The Kier molecular flexibility index (Phi) is 4.21. The molecule has 104 valence electrons. The lowest BCUT2D eigenvalue weighted by Gasteiger charge is -2.14. The summed E-state index contributed by atoms with van der Waals surface area (Å²) in [6, 6.07) is 1.68. The molecule has 2 heterocycles. The molecule has 19 heavy (non-hydrogen) atoms. The van der Waals surface area contributed by atoms with Crippen molar-refractivity contribution in [2.24, 2.45) is 0 Å². The molecule has 1 aromatic rings. The lowest BCUT2D eigenvalue weighted by molar-refractivity contribution is -0.129. The molecule has 1 aromatic heterocycles. The number of likely N-dealkylation sites (tertiary alicyclic amines) is 1. The fourth-order valence-electron chi connectivity index (χ4n) is 2.22. The first kappa shape index (κ1) is 13.6. The summed E-state index contributed by atoms with van der Waals surface area (Å²) in [5.41, 5.74) is 0.593. The molecule has 0 spiro atoms.